The first-order valence-corrected chi connectivity index (χ1v) is 12.3. The zero-order chi connectivity index (χ0) is 24.6. The van der Waals surface area contributed by atoms with Crippen molar-refractivity contribution in [3.63, 3.8) is 0 Å². The highest BCUT2D eigenvalue weighted by molar-refractivity contribution is 7.99. The molecule has 0 spiro atoms. The average molecular weight is 494 g/mol. The molecule has 1 aliphatic heterocycles. The maximum absolute atomic E-state index is 14.6. The molecule has 1 aliphatic rings. The fourth-order valence-electron chi connectivity index (χ4n) is 4.42. The number of halogens is 1. The SMILES string of the molecule is COc1ccc(Cn2c(N)c(Sc3ccccc3F)c3cnnc(N4CCOC(C)(C)C4)c32)cc1. The summed E-state index contributed by atoms with van der Waals surface area (Å²) in [6, 6.07) is 14.6. The van der Waals surface area contributed by atoms with E-state index >= 15 is 0 Å². The number of rotatable bonds is 6. The first-order valence-electron chi connectivity index (χ1n) is 11.4. The van der Waals surface area contributed by atoms with Crippen LogP contribution in [0.4, 0.5) is 16.0 Å². The maximum Gasteiger partial charge on any atom is 0.176 e. The number of anilines is 2. The minimum Gasteiger partial charge on any atom is -0.497 e. The van der Waals surface area contributed by atoms with Gasteiger partial charge in [0.15, 0.2) is 5.82 Å². The van der Waals surface area contributed by atoms with Crippen LogP contribution in [0.3, 0.4) is 0 Å². The van der Waals surface area contributed by atoms with Gasteiger partial charge in [-0.1, -0.05) is 36.0 Å². The molecule has 0 saturated carbocycles. The molecular formula is C26H28FN5O2S. The Morgan fingerprint density at radius 3 is 2.66 bits per heavy atom. The second-order valence-electron chi connectivity index (χ2n) is 9.14. The molecule has 0 aliphatic carbocycles. The van der Waals surface area contributed by atoms with Crippen molar-refractivity contribution < 1.29 is 13.9 Å². The summed E-state index contributed by atoms with van der Waals surface area (Å²) in [5.41, 5.74) is 8.39. The predicted octanol–water partition coefficient (Wildman–Crippen LogP) is 4.98. The lowest BCUT2D eigenvalue weighted by Crippen LogP contribution is -2.48. The number of hydrogen-bond donors (Lipinski definition) is 1. The van der Waals surface area contributed by atoms with Gasteiger partial charge in [-0.05, 0) is 43.7 Å². The molecule has 5 rings (SSSR count). The minimum atomic E-state index is -0.314. The summed E-state index contributed by atoms with van der Waals surface area (Å²) in [6.07, 6.45) is 1.72. The lowest BCUT2D eigenvalue weighted by atomic mass is 10.1. The number of morpholine rings is 1. The van der Waals surface area contributed by atoms with Crippen LogP contribution < -0.4 is 15.4 Å². The molecule has 35 heavy (non-hydrogen) atoms. The van der Waals surface area contributed by atoms with Gasteiger partial charge in [-0.2, -0.15) is 5.10 Å². The molecule has 4 aromatic rings. The summed E-state index contributed by atoms with van der Waals surface area (Å²) in [5, 5.41) is 9.71. The largest absolute Gasteiger partial charge is 0.497 e. The Morgan fingerprint density at radius 2 is 1.94 bits per heavy atom. The van der Waals surface area contributed by atoms with Crippen LogP contribution in [0.5, 0.6) is 5.75 Å². The maximum atomic E-state index is 14.6. The summed E-state index contributed by atoms with van der Waals surface area (Å²) < 4.78 is 27.8. The second kappa shape index (κ2) is 9.39. The highest BCUT2D eigenvalue weighted by Gasteiger charge is 2.31. The van der Waals surface area contributed by atoms with Crippen LogP contribution in [0.2, 0.25) is 0 Å². The molecule has 0 bridgehead atoms. The zero-order valence-electron chi connectivity index (χ0n) is 20.0. The Kier molecular flexibility index (Phi) is 6.29. The van der Waals surface area contributed by atoms with Gasteiger partial charge in [0, 0.05) is 29.9 Å². The monoisotopic (exact) mass is 493 g/mol. The molecule has 1 fully saturated rings. The Balaban J connectivity index is 1.66. The van der Waals surface area contributed by atoms with Gasteiger partial charge in [0.2, 0.25) is 0 Å². The van der Waals surface area contributed by atoms with E-state index in [1.165, 1.54) is 17.8 Å². The highest BCUT2D eigenvalue weighted by Crippen LogP contribution is 2.43. The number of hydrogen-bond acceptors (Lipinski definition) is 7. The third-order valence-corrected chi connectivity index (χ3v) is 7.30. The number of methoxy groups -OCH3 is 1. The van der Waals surface area contributed by atoms with Gasteiger partial charge in [0.25, 0.3) is 0 Å². The normalized spacial score (nSPS) is 15.5. The van der Waals surface area contributed by atoms with Crippen molar-refractivity contribution >= 4 is 34.3 Å². The van der Waals surface area contributed by atoms with Gasteiger partial charge in [0.05, 0.1) is 35.9 Å². The third-order valence-electron chi connectivity index (χ3n) is 6.12. The van der Waals surface area contributed by atoms with E-state index in [9.17, 15) is 4.39 Å². The molecule has 0 atom stereocenters. The van der Waals surface area contributed by atoms with E-state index in [0.717, 1.165) is 32.9 Å². The summed E-state index contributed by atoms with van der Waals surface area (Å²) >= 11 is 1.31. The predicted molar refractivity (Wildman–Crippen MR) is 137 cm³/mol. The van der Waals surface area contributed by atoms with Gasteiger partial charge in [-0.3, -0.25) is 0 Å². The third kappa shape index (κ3) is 4.66. The van der Waals surface area contributed by atoms with Crippen LogP contribution in [0, 0.1) is 5.82 Å². The molecule has 0 unspecified atom stereocenters. The van der Waals surface area contributed by atoms with E-state index in [2.05, 4.69) is 28.9 Å². The zero-order valence-corrected chi connectivity index (χ0v) is 20.8. The van der Waals surface area contributed by atoms with E-state index in [1.54, 1.807) is 25.4 Å². The van der Waals surface area contributed by atoms with Crippen molar-refractivity contribution in [2.24, 2.45) is 0 Å². The van der Waals surface area contributed by atoms with E-state index in [1.807, 2.05) is 34.9 Å². The molecule has 9 heteroatoms. The number of fused-ring (bicyclic) bond motifs is 1. The van der Waals surface area contributed by atoms with Crippen LogP contribution in [-0.4, -0.2) is 47.2 Å². The van der Waals surface area contributed by atoms with Crippen molar-refractivity contribution in [1.29, 1.82) is 0 Å². The number of nitrogens with zero attached hydrogens (tertiary/aromatic N) is 4. The van der Waals surface area contributed by atoms with Gasteiger partial charge in [-0.25, -0.2) is 4.39 Å². The standard InChI is InChI=1S/C26H28FN5O2S/c1-26(2)16-31(12-13-34-26)25-22-19(14-29-30-25)23(35-21-7-5-4-6-20(21)27)24(28)32(22)15-17-8-10-18(33-3)11-9-17/h4-11,14H,12-13,15-16,28H2,1-3H3. The number of nitrogen functional groups attached to an aromatic ring is 1. The van der Waals surface area contributed by atoms with Crippen LogP contribution in [0.1, 0.15) is 19.4 Å². The quantitative estimate of drug-likeness (QED) is 0.406. The van der Waals surface area contributed by atoms with Crippen molar-refractivity contribution in [3.8, 4) is 5.75 Å². The molecule has 182 valence electrons. The fourth-order valence-corrected chi connectivity index (χ4v) is 5.42. The number of aromatic nitrogens is 3. The highest BCUT2D eigenvalue weighted by atomic mass is 32.2. The molecule has 7 nitrogen and oxygen atoms in total. The van der Waals surface area contributed by atoms with Gasteiger partial charge in [0.1, 0.15) is 17.4 Å². The second-order valence-corrected chi connectivity index (χ2v) is 10.2. The van der Waals surface area contributed by atoms with Crippen molar-refractivity contribution in [3.05, 3.63) is 66.1 Å². The van der Waals surface area contributed by atoms with Crippen LogP contribution in [-0.2, 0) is 11.3 Å². The Labute approximate surface area is 208 Å². The fraction of sp³-hybridized carbons (Fsp3) is 0.308. The Hall–Kier alpha value is -3.30. The number of benzene rings is 2. The van der Waals surface area contributed by atoms with Crippen LogP contribution in [0.15, 0.2) is 64.5 Å². The van der Waals surface area contributed by atoms with Gasteiger partial charge >= 0.3 is 0 Å². The van der Waals surface area contributed by atoms with Crippen molar-refractivity contribution in [2.75, 3.05) is 37.4 Å². The van der Waals surface area contributed by atoms with Gasteiger partial charge in [-0.15, -0.1) is 5.10 Å². The van der Waals surface area contributed by atoms with E-state index in [4.69, 9.17) is 15.2 Å². The van der Waals surface area contributed by atoms with E-state index < -0.39 is 0 Å². The summed E-state index contributed by atoms with van der Waals surface area (Å²) in [4.78, 5) is 3.47. The Bertz CT molecular complexity index is 1360. The topological polar surface area (TPSA) is 78.4 Å². The lowest BCUT2D eigenvalue weighted by molar-refractivity contribution is -0.0278. The molecule has 2 aromatic heterocycles. The van der Waals surface area contributed by atoms with Crippen molar-refractivity contribution in [2.45, 2.75) is 35.8 Å². The molecule has 0 amide bonds. The molecule has 3 heterocycles. The molecule has 0 radical (unpaired) electrons. The number of nitrogens with two attached hydrogens (primary N) is 1. The summed E-state index contributed by atoms with van der Waals surface area (Å²) in [6.45, 7) is 6.62. The smallest absolute Gasteiger partial charge is 0.176 e. The average Bonchev–Trinajstić information content (AvgIpc) is 3.11. The van der Waals surface area contributed by atoms with Crippen LogP contribution in [0.25, 0.3) is 10.9 Å². The number of ether oxygens (including phenoxy) is 2. The molecular weight excluding hydrogens is 465 g/mol. The summed E-state index contributed by atoms with van der Waals surface area (Å²) in [7, 11) is 1.65. The first-order chi connectivity index (χ1) is 16.9. The minimum absolute atomic E-state index is 0.287. The lowest BCUT2D eigenvalue weighted by Gasteiger charge is -2.38. The molecule has 2 N–H and O–H groups in total. The first kappa shape index (κ1) is 23.4. The molecule has 2 aromatic carbocycles. The van der Waals surface area contributed by atoms with Gasteiger partial charge < -0.3 is 24.7 Å². The summed E-state index contributed by atoms with van der Waals surface area (Å²) in [5.74, 6) is 1.80. The van der Waals surface area contributed by atoms with E-state index in [-0.39, 0.29) is 11.4 Å². The Morgan fingerprint density at radius 1 is 1.17 bits per heavy atom. The van der Waals surface area contributed by atoms with Crippen molar-refractivity contribution in [1.82, 2.24) is 14.8 Å². The van der Waals surface area contributed by atoms with Crippen LogP contribution >= 0.6 is 11.8 Å². The molecule has 1 saturated heterocycles. The van der Waals surface area contributed by atoms with E-state index in [0.29, 0.717) is 37.0 Å².